The SMILES string of the molecule is CCC(=O)c1cccc(NC(C)=O)c1. The van der Waals surface area contributed by atoms with E-state index >= 15 is 0 Å². The molecule has 0 aliphatic carbocycles. The highest BCUT2D eigenvalue weighted by molar-refractivity contribution is 5.98. The number of hydrogen-bond acceptors (Lipinski definition) is 2. The van der Waals surface area contributed by atoms with E-state index in [1.54, 1.807) is 24.3 Å². The smallest absolute Gasteiger partial charge is 0.221 e. The van der Waals surface area contributed by atoms with Gasteiger partial charge in [-0.25, -0.2) is 0 Å². The number of carbonyl (C=O) groups is 2. The van der Waals surface area contributed by atoms with Crippen molar-refractivity contribution in [2.24, 2.45) is 0 Å². The number of benzene rings is 1. The van der Waals surface area contributed by atoms with Crippen LogP contribution in [0, 0.1) is 0 Å². The molecule has 14 heavy (non-hydrogen) atoms. The molecule has 0 radical (unpaired) electrons. The average Bonchev–Trinajstić information content (AvgIpc) is 2.16. The molecule has 0 saturated carbocycles. The van der Waals surface area contributed by atoms with Crippen molar-refractivity contribution >= 4 is 17.4 Å². The summed E-state index contributed by atoms with van der Waals surface area (Å²) in [4.78, 5) is 22.1. The summed E-state index contributed by atoms with van der Waals surface area (Å²) >= 11 is 0. The Balaban J connectivity index is 2.89. The predicted octanol–water partition coefficient (Wildman–Crippen LogP) is 2.24. The molecule has 1 aromatic carbocycles. The zero-order valence-electron chi connectivity index (χ0n) is 8.33. The molecule has 0 bridgehead atoms. The van der Waals surface area contributed by atoms with Gasteiger partial charge in [-0.05, 0) is 12.1 Å². The standard InChI is InChI=1S/C11H13NO2/c1-3-11(14)9-5-4-6-10(7-9)12-8(2)13/h4-7H,3H2,1-2H3,(H,12,13). The quantitative estimate of drug-likeness (QED) is 0.745. The van der Waals surface area contributed by atoms with E-state index in [4.69, 9.17) is 0 Å². The fraction of sp³-hybridized carbons (Fsp3) is 0.273. The third-order valence-corrected chi connectivity index (χ3v) is 1.83. The van der Waals surface area contributed by atoms with Crippen molar-refractivity contribution in [3.63, 3.8) is 0 Å². The van der Waals surface area contributed by atoms with Crippen LogP contribution in [0.25, 0.3) is 0 Å². The van der Waals surface area contributed by atoms with Crippen LogP contribution in [-0.2, 0) is 4.79 Å². The molecule has 0 aliphatic heterocycles. The third kappa shape index (κ3) is 2.69. The first-order chi connectivity index (χ1) is 6.63. The summed E-state index contributed by atoms with van der Waals surface area (Å²) < 4.78 is 0. The van der Waals surface area contributed by atoms with Crippen LogP contribution >= 0.6 is 0 Å². The molecular formula is C11H13NO2. The van der Waals surface area contributed by atoms with E-state index in [0.29, 0.717) is 17.7 Å². The van der Waals surface area contributed by atoms with Crippen LogP contribution in [0.1, 0.15) is 30.6 Å². The Morgan fingerprint density at radius 1 is 1.36 bits per heavy atom. The molecule has 1 amide bonds. The third-order valence-electron chi connectivity index (χ3n) is 1.83. The molecule has 74 valence electrons. The number of Topliss-reactive ketones (excluding diaryl/α,β-unsaturated/α-hetero) is 1. The second kappa shape index (κ2) is 4.56. The number of ketones is 1. The fourth-order valence-electron chi connectivity index (χ4n) is 1.18. The summed E-state index contributed by atoms with van der Waals surface area (Å²) in [6, 6.07) is 6.95. The highest BCUT2D eigenvalue weighted by Gasteiger charge is 2.03. The Hall–Kier alpha value is -1.64. The first-order valence-corrected chi connectivity index (χ1v) is 4.54. The molecule has 0 aromatic heterocycles. The van der Waals surface area contributed by atoms with Crippen LogP contribution in [0.4, 0.5) is 5.69 Å². The minimum absolute atomic E-state index is 0.0807. The van der Waals surface area contributed by atoms with Crippen molar-refractivity contribution in [2.75, 3.05) is 5.32 Å². The molecule has 3 heteroatoms. The molecule has 1 rings (SSSR count). The van der Waals surface area contributed by atoms with Gasteiger partial charge >= 0.3 is 0 Å². The molecule has 1 N–H and O–H groups in total. The van der Waals surface area contributed by atoms with E-state index in [1.807, 2.05) is 6.92 Å². The van der Waals surface area contributed by atoms with E-state index in [0.717, 1.165) is 0 Å². The normalized spacial score (nSPS) is 9.57. The fourth-order valence-corrected chi connectivity index (χ4v) is 1.18. The summed E-state index contributed by atoms with van der Waals surface area (Å²) in [6.45, 7) is 3.25. The van der Waals surface area contributed by atoms with Crippen molar-refractivity contribution < 1.29 is 9.59 Å². The van der Waals surface area contributed by atoms with Crippen molar-refractivity contribution in [3.8, 4) is 0 Å². The Kier molecular flexibility index (Phi) is 3.40. The van der Waals surface area contributed by atoms with Gasteiger partial charge in [-0.15, -0.1) is 0 Å². The van der Waals surface area contributed by atoms with Crippen LogP contribution in [0.3, 0.4) is 0 Å². The topological polar surface area (TPSA) is 46.2 Å². The molecule has 0 unspecified atom stereocenters. The number of rotatable bonds is 3. The molecule has 1 aromatic rings. The van der Waals surface area contributed by atoms with E-state index in [2.05, 4.69) is 5.32 Å². The number of hydrogen-bond donors (Lipinski definition) is 1. The lowest BCUT2D eigenvalue weighted by Gasteiger charge is -2.03. The number of anilines is 1. The minimum Gasteiger partial charge on any atom is -0.326 e. The van der Waals surface area contributed by atoms with Gasteiger partial charge in [0, 0.05) is 24.6 Å². The van der Waals surface area contributed by atoms with Gasteiger partial charge in [-0.3, -0.25) is 9.59 Å². The van der Waals surface area contributed by atoms with Gasteiger partial charge < -0.3 is 5.32 Å². The van der Waals surface area contributed by atoms with Gasteiger partial charge in [-0.2, -0.15) is 0 Å². The molecule has 0 aliphatic rings. The van der Waals surface area contributed by atoms with Crippen molar-refractivity contribution in [2.45, 2.75) is 20.3 Å². The van der Waals surface area contributed by atoms with Gasteiger partial charge in [0.15, 0.2) is 5.78 Å². The second-order valence-corrected chi connectivity index (χ2v) is 3.04. The zero-order chi connectivity index (χ0) is 10.6. The van der Waals surface area contributed by atoms with Crippen molar-refractivity contribution in [3.05, 3.63) is 29.8 Å². The number of amides is 1. The number of carbonyl (C=O) groups excluding carboxylic acids is 2. The molecule has 0 spiro atoms. The Bertz CT molecular complexity index is 358. The van der Waals surface area contributed by atoms with Crippen LogP contribution in [0.2, 0.25) is 0 Å². The molecular weight excluding hydrogens is 178 g/mol. The van der Waals surface area contributed by atoms with Crippen LogP contribution < -0.4 is 5.32 Å². The predicted molar refractivity (Wildman–Crippen MR) is 55.4 cm³/mol. The monoisotopic (exact) mass is 191 g/mol. The highest BCUT2D eigenvalue weighted by atomic mass is 16.1. The van der Waals surface area contributed by atoms with E-state index in [9.17, 15) is 9.59 Å². The summed E-state index contributed by atoms with van der Waals surface area (Å²) in [5.74, 6) is -0.0525. The van der Waals surface area contributed by atoms with Crippen LogP contribution in [-0.4, -0.2) is 11.7 Å². The van der Waals surface area contributed by atoms with Crippen LogP contribution in [0.15, 0.2) is 24.3 Å². The van der Waals surface area contributed by atoms with Gasteiger partial charge in [0.05, 0.1) is 0 Å². The Morgan fingerprint density at radius 3 is 2.64 bits per heavy atom. The van der Waals surface area contributed by atoms with Gasteiger partial charge in [0.1, 0.15) is 0 Å². The summed E-state index contributed by atoms with van der Waals surface area (Å²) in [6.07, 6.45) is 0.476. The summed E-state index contributed by atoms with van der Waals surface area (Å²) in [7, 11) is 0. The van der Waals surface area contributed by atoms with Gasteiger partial charge in [-0.1, -0.05) is 19.1 Å². The largest absolute Gasteiger partial charge is 0.326 e. The van der Waals surface area contributed by atoms with Gasteiger partial charge in [0.2, 0.25) is 5.91 Å². The molecule has 0 saturated heterocycles. The van der Waals surface area contributed by atoms with Crippen LogP contribution in [0.5, 0.6) is 0 Å². The lowest BCUT2D eigenvalue weighted by Crippen LogP contribution is -2.06. The summed E-state index contributed by atoms with van der Waals surface area (Å²) in [5.41, 5.74) is 1.30. The number of nitrogens with one attached hydrogen (secondary N) is 1. The minimum atomic E-state index is -0.133. The first-order valence-electron chi connectivity index (χ1n) is 4.54. The maximum atomic E-state index is 11.3. The molecule has 0 atom stereocenters. The summed E-state index contributed by atoms with van der Waals surface area (Å²) in [5, 5.41) is 2.63. The van der Waals surface area contributed by atoms with E-state index in [-0.39, 0.29) is 11.7 Å². The van der Waals surface area contributed by atoms with Crippen molar-refractivity contribution in [1.29, 1.82) is 0 Å². The zero-order valence-corrected chi connectivity index (χ0v) is 8.33. The second-order valence-electron chi connectivity index (χ2n) is 3.04. The molecule has 0 heterocycles. The Morgan fingerprint density at radius 2 is 2.07 bits per heavy atom. The Labute approximate surface area is 83.1 Å². The molecule has 3 nitrogen and oxygen atoms in total. The lowest BCUT2D eigenvalue weighted by molar-refractivity contribution is -0.114. The lowest BCUT2D eigenvalue weighted by atomic mass is 10.1. The first kappa shape index (κ1) is 10.4. The molecule has 0 fully saturated rings. The van der Waals surface area contributed by atoms with Gasteiger partial charge in [0.25, 0.3) is 0 Å². The average molecular weight is 191 g/mol. The maximum Gasteiger partial charge on any atom is 0.221 e. The maximum absolute atomic E-state index is 11.3. The highest BCUT2D eigenvalue weighted by Crippen LogP contribution is 2.11. The van der Waals surface area contributed by atoms with Crippen molar-refractivity contribution in [1.82, 2.24) is 0 Å². The van der Waals surface area contributed by atoms with E-state index < -0.39 is 0 Å². The van der Waals surface area contributed by atoms with E-state index in [1.165, 1.54) is 6.92 Å².